The van der Waals surface area contributed by atoms with Crippen LogP contribution in [0.4, 0.5) is 0 Å². The molecule has 142 valence electrons. The summed E-state index contributed by atoms with van der Waals surface area (Å²) in [7, 11) is 0. The molecule has 3 rings (SSSR count). The molecular formula is C20H21N2O5-. The van der Waals surface area contributed by atoms with Crippen molar-refractivity contribution >= 4 is 33.7 Å². The standard InChI is InChI=1S/C20H22N2O5/c23-13(11-21-16(20(26)27)9-10-19(24)25)12-22-17-7-3-1-5-14(17)15-6-2-4-8-18(15)22/h1-8,13,16,21,23H,9-12H2,(H,24,25)(H,26,27)/p-1/t13-,16+/m1/s1. The van der Waals surface area contributed by atoms with Crippen molar-refractivity contribution in [3.05, 3.63) is 48.5 Å². The van der Waals surface area contributed by atoms with E-state index in [1.807, 2.05) is 53.1 Å². The third-order valence-corrected chi connectivity index (χ3v) is 4.73. The molecule has 0 aliphatic carbocycles. The summed E-state index contributed by atoms with van der Waals surface area (Å²) in [5, 5.41) is 35.7. The maximum Gasteiger partial charge on any atom is 0.126 e. The number of hydrogen-bond donors (Lipinski definition) is 2. The monoisotopic (exact) mass is 369 g/mol. The average Bonchev–Trinajstić information content (AvgIpc) is 2.95. The van der Waals surface area contributed by atoms with Gasteiger partial charge in [0.15, 0.2) is 0 Å². The van der Waals surface area contributed by atoms with E-state index in [-0.39, 0.29) is 19.4 Å². The Bertz CT molecular complexity index is 912. The molecule has 0 aliphatic rings. The number of benzene rings is 2. The highest BCUT2D eigenvalue weighted by atomic mass is 16.4. The Balaban J connectivity index is 1.74. The van der Waals surface area contributed by atoms with Gasteiger partial charge in [-0.15, -0.1) is 0 Å². The third kappa shape index (κ3) is 4.27. The summed E-state index contributed by atoms with van der Waals surface area (Å²) < 4.78 is 2.01. The Kier molecular flexibility index (Phi) is 5.73. The van der Waals surface area contributed by atoms with Crippen molar-refractivity contribution < 1.29 is 30.2 Å². The first kappa shape index (κ1) is 18.9. The second-order valence-electron chi connectivity index (χ2n) is 6.61. The molecule has 0 saturated heterocycles. The van der Waals surface area contributed by atoms with Crippen LogP contribution in [0.25, 0.3) is 21.8 Å². The van der Waals surface area contributed by atoms with Crippen LogP contribution in [0.15, 0.2) is 48.5 Å². The summed E-state index contributed by atoms with van der Waals surface area (Å²) in [6, 6.07) is 14.8. The number of rotatable bonds is 9. The largest absolute Gasteiger partial charge is 0.550 e. The first-order chi connectivity index (χ1) is 13.0. The van der Waals surface area contributed by atoms with Crippen molar-refractivity contribution in [2.75, 3.05) is 6.54 Å². The summed E-state index contributed by atoms with van der Waals surface area (Å²) in [5.74, 6) is -2.65. The molecule has 0 unspecified atom stereocenters. The number of aliphatic carboxylic acids is 2. The second-order valence-corrected chi connectivity index (χ2v) is 6.61. The minimum atomic E-state index is -1.35. The molecule has 1 heterocycles. The fourth-order valence-corrected chi connectivity index (χ4v) is 3.41. The van der Waals surface area contributed by atoms with E-state index >= 15 is 0 Å². The first-order valence-corrected chi connectivity index (χ1v) is 8.85. The molecule has 0 aliphatic heterocycles. The van der Waals surface area contributed by atoms with Gasteiger partial charge in [-0.2, -0.15) is 0 Å². The number of aromatic nitrogens is 1. The summed E-state index contributed by atoms with van der Waals surface area (Å²) in [6.45, 7) is 0.414. The van der Waals surface area contributed by atoms with Gasteiger partial charge in [0.25, 0.3) is 0 Å². The first-order valence-electron chi connectivity index (χ1n) is 8.85. The number of quaternary nitrogens is 1. The van der Waals surface area contributed by atoms with Crippen molar-refractivity contribution in [1.82, 2.24) is 4.57 Å². The molecule has 7 heteroatoms. The van der Waals surface area contributed by atoms with Crippen LogP contribution in [0.5, 0.6) is 0 Å². The van der Waals surface area contributed by atoms with Crippen LogP contribution in [-0.4, -0.2) is 40.3 Å². The van der Waals surface area contributed by atoms with Gasteiger partial charge in [0.05, 0.1) is 12.5 Å². The Hall–Kier alpha value is -2.90. The second kappa shape index (κ2) is 8.20. The van der Waals surface area contributed by atoms with E-state index in [2.05, 4.69) is 0 Å². The van der Waals surface area contributed by atoms with Crippen LogP contribution in [0.3, 0.4) is 0 Å². The predicted octanol–water partition coefficient (Wildman–Crippen LogP) is -1.63. The quantitative estimate of drug-likeness (QED) is 0.469. The van der Waals surface area contributed by atoms with Gasteiger partial charge in [0, 0.05) is 34.2 Å². The van der Waals surface area contributed by atoms with Crippen LogP contribution in [-0.2, 0) is 16.1 Å². The van der Waals surface area contributed by atoms with E-state index in [4.69, 9.17) is 0 Å². The molecule has 27 heavy (non-hydrogen) atoms. The van der Waals surface area contributed by atoms with Crippen molar-refractivity contribution in [2.24, 2.45) is 0 Å². The summed E-state index contributed by atoms with van der Waals surface area (Å²) in [6.07, 6.45) is -1.28. The lowest BCUT2D eigenvalue weighted by Gasteiger charge is -2.19. The van der Waals surface area contributed by atoms with Gasteiger partial charge >= 0.3 is 0 Å². The molecule has 3 aromatic rings. The number of carbonyl (C=O) groups is 2. The number of nitrogens with two attached hydrogens (primary N) is 1. The van der Waals surface area contributed by atoms with E-state index in [1.54, 1.807) is 0 Å². The van der Waals surface area contributed by atoms with E-state index in [9.17, 15) is 24.9 Å². The highest BCUT2D eigenvalue weighted by Crippen LogP contribution is 2.28. The molecule has 0 saturated carbocycles. The Morgan fingerprint density at radius 3 is 2.07 bits per heavy atom. The van der Waals surface area contributed by atoms with Gasteiger partial charge in [-0.1, -0.05) is 36.4 Å². The van der Waals surface area contributed by atoms with Crippen LogP contribution in [0, 0.1) is 0 Å². The van der Waals surface area contributed by atoms with Crippen molar-refractivity contribution in [3.63, 3.8) is 0 Å². The zero-order valence-electron chi connectivity index (χ0n) is 14.7. The number of carbonyl (C=O) groups excluding carboxylic acids is 2. The van der Waals surface area contributed by atoms with E-state index in [0.717, 1.165) is 21.8 Å². The maximum absolute atomic E-state index is 11.1. The Morgan fingerprint density at radius 1 is 1.00 bits per heavy atom. The molecular weight excluding hydrogens is 348 g/mol. The number of nitrogens with zero attached hydrogens (tertiary/aromatic N) is 1. The summed E-state index contributed by atoms with van der Waals surface area (Å²) in [4.78, 5) is 21.7. The van der Waals surface area contributed by atoms with Crippen molar-refractivity contribution in [1.29, 1.82) is 0 Å². The zero-order valence-corrected chi connectivity index (χ0v) is 14.7. The van der Waals surface area contributed by atoms with Gasteiger partial charge < -0.3 is 34.8 Å². The topological polar surface area (TPSA) is 122 Å². The number of fused-ring (bicyclic) bond motifs is 3. The number of para-hydroxylation sites is 2. The van der Waals surface area contributed by atoms with Crippen LogP contribution in [0.1, 0.15) is 12.8 Å². The molecule has 3 N–H and O–H groups in total. The molecule has 0 spiro atoms. The molecule has 0 fully saturated rings. The molecule has 1 aromatic heterocycles. The minimum Gasteiger partial charge on any atom is -0.550 e. The molecule has 0 radical (unpaired) electrons. The number of aliphatic hydroxyl groups excluding tert-OH is 1. The number of aliphatic hydroxyl groups is 1. The average molecular weight is 369 g/mol. The highest BCUT2D eigenvalue weighted by Gasteiger charge is 2.18. The van der Waals surface area contributed by atoms with Gasteiger partial charge in [0.2, 0.25) is 0 Å². The number of carboxylic acids is 2. The van der Waals surface area contributed by atoms with Crippen LogP contribution in [0.2, 0.25) is 0 Å². The minimum absolute atomic E-state index is 0.104. The number of carboxylic acid groups (broad SMARTS) is 2. The van der Waals surface area contributed by atoms with Gasteiger partial charge in [-0.25, -0.2) is 0 Å². The summed E-state index contributed by atoms with van der Waals surface area (Å²) in [5.41, 5.74) is 1.98. The molecule has 2 atom stereocenters. The Morgan fingerprint density at radius 2 is 1.56 bits per heavy atom. The smallest absolute Gasteiger partial charge is 0.126 e. The van der Waals surface area contributed by atoms with Gasteiger partial charge in [-0.05, 0) is 18.6 Å². The third-order valence-electron chi connectivity index (χ3n) is 4.73. The van der Waals surface area contributed by atoms with Gasteiger partial charge in [0.1, 0.15) is 18.7 Å². The van der Waals surface area contributed by atoms with Gasteiger partial charge in [-0.3, -0.25) is 0 Å². The summed E-state index contributed by atoms with van der Waals surface area (Å²) >= 11 is 0. The lowest BCUT2D eigenvalue weighted by Crippen LogP contribution is -2.94. The molecule has 0 bridgehead atoms. The van der Waals surface area contributed by atoms with E-state index < -0.39 is 24.1 Å². The van der Waals surface area contributed by atoms with E-state index in [0.29, 0.717) is 6.54 Å². The van der Waals surface area contributed by atoms with Crippen molar-refractivity contribution in [3.8, 4) is 0 Å². The normalized spacial score (nSPS) is 13.7. The lowest BCUT2D eigenvalue weighted by atomic mass is 10.1. The molecule has 2 aromatic carbocycles. The fraction of sp³-hybridized carbons (Fsp3) is 0.300. The molecule has 7 nitrogen and oxygen atoms in total. The highest BCUT2D eigenvalue weighted by molar-refractivity contribution is 6.07. The predicted molar refractivity (Wildman–Crippen MR) is 95.3 cm³/mol. The van der Waals surface area contributed by atoms with Crippen LogP contribution >= 0.6 is 0 Å². The number of hydrogen-bond acceptors (Lipinski definition) is 5. The SMILES string of the molecule is O=C([O-])CC[C@H]([NH2+]C[C@@H](O)Cn1c2ccccc2c2ccccc21)C(=O)[O-]. The van der Waals surface area contributed by atoms with Crippen LogP contribution < -0.4 is 15.5 Å². The molecule has 0 amide bonds. The maximum atomic E-state index is 11.1. The fourth-order valence-electron chi connectivity index (χ4n) is 3.41. The van der Waals surface area contributed by atoms with E-state index in [1.165, 1.54) is 5.32 Å². The lowest BCUT2D eigenvalue weighted by molar-refractivity contribution is -0.689. The zero-order chi connectivity index (χ0) is 19.4. The van der Waals surface area contributed by atoms with Crippen molar-refractivity contribution in [2.45, 2.75) is 31.5 Å². The Labute approximate surface area is 155 Å².